The third-order valence-electron chi connectivity index (χ3n) is 1.80. The van der Waals surface area contributed by atoms with Gasteiger partial charge in [0.1, 0.15) is 11.6 Å². The zero-order chi connectivity index (χ0) is 12.8. The summed E-state index contributed by atoms with van der Waals surface area (Å²) >= 11 is 0. The minimum absolute atomic E-state index is 0.108. The number of nitrogens with zero attached hydrogens (tertiary/aromatic N) is 1. The van der Waals surface area contributed by atoms with E-state index in [0.717, 1.165) is 12.3 Å². The van der Waals surface area contributed by atoms with Crippen LogP contribution in [0.2, 0.25) is 0 Å². The predicted molar refractivity (Wildman–Crippen MR) is 57.4 cm³/mol. The number of esters is 1. The molecule has 0 radical (unpaired) electrons. The van der Waals surface area contributed by atoms with Crippen molar-refractivity contribution < 1.29 is 18.7 Å². The highest BCUT2D eigenvalue weighted by atomic mass is 19.1. The molecule has 0 aliphatic rings. The maximum Gasteiger partial charge on any atom is 0.332 e. The highest BCUT2D eigenvalue weighted by Crippen LogP contribution is 2.04. The van der Waals surface area contributed by atoms with Gasteiger partial charge in [-0.1, -0.05) is 0 Å². The Morgan fingerprint density at radius 1 is 1.59 bits per heavy atom. The van der Waals surface area contributed by atoms with E-state index in [4.69, 9.17) is 5.73 Å². The number of carbonyl (C=O) groups excluding carboxylic acids is 2. The number of nitrogens with two attached hydrogens (primary N) is 1. The van der Waals surface area contributed by atoms with E-state index in [-0.39, 0.29) is 12.4 Å². The van der Waals surface area contributed by atoms with Gasteiger partial charge >= 0.3 is 5.97 Å². The number of hydrogen-bond acceptors (Lipinski definition) is 5. The first-order valence-electron chi connectivity index (χ1n) is 4.89. The number of anilines is 1. The molecule has 1 aromatic heterocycles. The molecule has 0 aromatic carbocycles. The highest BCUT2D eigenvalue weighted by Gasteiger charge is 2.23. The smallest absolute Gasteiger partial charge is 0.332 e. The SMILES string of the molecule is CCOC(=O)C(N)C(=O)Nc1ccc(F)cn1. The summed E-state index contributed by atoms with van der Waals surface area (Å²) in [5.74, 6) is -2.01. The molecule has 0 aliphatic heterocycles. The molecule has 1 atom stereocenters. The molecule has 0 saturated heterocycles. The Labute approximate surface area is 97.0 Å². The van der Waals surface area contributed by atoms with Gasteiger partial charge in [-0.3, -0.25) is 4.79 Å². The van der Waals surface area contributed by atoms with E-state index in [2.05, 4.69) is 15.0 Å². The molecule has 1 heterocycles. The van der Waals surface area contributed by atoms with Crippen molar-refractivity contribution in [2.24, 2.45) is 5.73 Å². The summed E-state index contributed by atoms with van der Waals surface area (Å²) in [5.41, 5.74) is 5.34. The summed E-state index contributed by atoms with van der Waals surface area (Å²) in [5, 5.41) is 2.27. The van der Waals surface area contributed by atoms with Crippen LogP contribution in [-0.2, 0) is 14.3 Å². The summed E-state index contributed by atoms with van der Waals surface area (Å²) in [6, 6.07) is 0.950. The zero-order valence-electron chi connectivity index (χ0n) is 9.14. The minimum Gasteiger partial charge on any atom is -0.464 e. The van der Waals surface area contributed by atoms with Crippen LogP contribution in [0.15, 0.2) is 18.3 Å². The minimum atomic E-state index is -1.43. The lowest BCUT2D eigenvalue weighted by Crippen LogP contribution is -2.43. The Balaban J connectivity index is 2.59. The Bertz CT molecular complexity index is 408. The molecule has 17 heavy (non-hydrogen) atoms. The number of nitrogens with one attached hydrogen (secondary N) is 1. The molecule has 1 amide bonds. The number of pyridine rings is 1. The number of carbonyl (C=O) groups is 2. The fourth-order valence-corrected chi connectivity index (χ4v) is 0.993. The van der Waals surface area contributed by atoms with E-state index in [9.17, 15) is 14.0 Å². The van der Waals surface area contributed by atoms with Gasteiger partial charge in [-0.05, 0) is 19.1 Å². The number of rotatable bonds is 4. The molecule has 0 saturated carbocycles. The van der Waals surface area contributed by atoms with Crippen LogP contribution in [0.5, 0.6) is 0 Å². The lowest BCUT2D eigenvalue weighted by molar-refractivity contribution is -0.146. The first-order chi connectivity index (χ1) is 8.04. The molecule has 1 aromatic rings. The van der Waals surface area contributed by atoms with E-state index < -0.39 is 23.7 Å². The van der Waals surface area contributed by atoms with Crippen molar-refractivity contribution in [2.45, 2.75) is 13.0 Å². The summed E-state index contributed by atoms with van der Waals surface area (Å²) in [4.78, 5) is 26.2. The van der Waals surface area contributed by atoms with Crippen molar-refractivity contribution in [1.82, 2.24) is 4.98 Å². The summed E-state index contributed by atoms with van der Waals surface area (Å²) in [7, 11) is 0. The molecule has 7 heteroatoms. The van der Waals surface area contributed by atoms with E-state index in [0.29, 0.717) is 0 Å². The lowest BCUT2D eigenvalue weighted by atomic mass is 10.3. The number of ether oxygens (including phenoxy) is 1. The van der Waals surface area contributed by atoms with E-state index in [1.54, 1.807) is 6.92 Å². The van der Waals surface area contributed by atoms with E-state index in [1.165, 1.54) is 6.07 Å². The van der Waals surface area contributed by atoms with Crippen molar-refractivity contribution in [3.63, 3.8) is 0 Å². The van der Waals surface area contributed by atoms with Crippen LogP contribution in [0.3, 0.4) is 0 Å². The number of aromatic nitrogens is 1. The Morgan fingerprint density at radius 3 is 2.82 bits per heavy atom. The second-order valence-corrected chi connectivity index (χ2v) is 3.08. The third-order valence-corrected chi connectivity index (χ3v) is 1.80. The number of amides is 1. The summed E-state index contributed by atoms with van der Waals surface area (Å²) < 4.78 is 17.1. The molecule has 0 spiro atoms. The second-order valence-electron chi connectivity index (χ2n) is 3.08. The van der Waals surface area contributed by atoms with Crippen LogP contribution in [-0.4, -0.2) is 29.5 Å². The van der Waals surface area contributed by atoms with Gasteiger partial charge in [-0.25, -0.2) is 14.2 Å². The van der Waals surface area contributed by atoms with Crippen LogP contribution in [0.1, 0.15) is 6.92 Å². The monoisotopic (exact) mass is 241 g/mol. The van der Waals surface area contributed by atoms with Crippen LogP contribution >= 0.6 is 0 Å². The topological polar surface area (TPSA) is 94.3 Å². The van der Waals surface area contributed by atoms with Crippen molar-refractivity contribution in [2.75, 3.05) is 11.9 Å². The van der Waals surface area contributed by atoms with Gasteiger partial charge in [0, 0.05) is 0 Å². The molecular weight excluding hydrogens is 229 g/mol. The Morgan fingerprint density at radius 2 is 2.29 bits per heavy atom. The molecule has 1 rings (SSSR count). The van der Waals surface area contributed by atoms with Crippen molar-refractivity contribution in [1.29, 1.82) is 0 Å². The number of hydrogen-bond donors (Lipinski definition) is 2. The van der Waals surface area contributed by atoms with Crippen LogP contribution < -0.4 is 11.1 Å². The zero-order valence-corrected chi connectivity index (χ0v) is 9.14. The van der Waals surface area contributed by atoms with Gasteiger partial charge in [-0.15, -0.1) is 0 Å². The number of halogens is 1. The average molecular weight is 241 g/mol. The first-order valence-corrected chi connectivity index (χ1v) is 4.89. The van der Waals surface area contributed by atoms with Crippen molar-refractivity contribution >= 4 is 17.7 Å². The normalized spacial score (nSPS) is 11.7. The fraction of sp³-hybridized carbons (Fsp3) is 0.300. The van der Waals surface area contributed by atoms with Gasteiger partial charge in [0.05, 0.1) is 12.8 Å². The molecule has 92 valence electrons. The standard InChI is InChI=1S/C10H12FN3O3/c1-2-17-10(16)8(12)9(15)14-7-4-3-6(11)5-13-7/h3-5,8H,2,12H2,1H3,(H,13,14,15). The maximum atomic E-state index is 12.5. The largest absolute Gasteiger partial charge is 0.464 e. The highest BCUT2D eigenvalue weighted by molar-refractivity contribution is 6.07. The average Bonchev–Trinajstić information content (AvgIpc) is 2.31. The fourth-order valence-electron chi connectivity index (χ4n) is 0.993. The molecule has 0 fully saturated rings. The van der Waals surface area contributed by atoms with Gasteiger partial charge in [-0.2, -0.15) is 0 Å². The molecule has 0 aliphatic carbocycles. The molecule has 3 N–H and O–H groups in total. The van der Waals surface area contributed by atoms with Gasteiger partial charge < -0.3 is 15.8 Å². The Hall–Kier alpha value is -2.02. The molecule has 1 unspecified atom stereocenters. The maximum absolute atomic E-state index is 12.5. The van der Waals surface area contributed by atoms with Crippen LogP contribution in [0.4, 0.5) is 10.2 Å². The van der Waals surface area contributed by atoms with Gasteiger partial charge in [0.2, 0.25) is 0 Å². The quantitative estimate of drug-likeness (QED) is 0.573. The lowest BCUT2D eigenvalue weighted by Gasteiger charge is -2.10. The van der Waals surface area contributed by atoms with E-state index in [1.807, 2.05) is 0 Å². The predicted octanol–water partition coefficient (Wildman–Crippen LogP) is 0.0496. The Kier molecular flexibility index (Phi) is 4.53. The van der Waals surface area contributed by atoms with Crippen LogP contribution in [0.25, 0.3) is 0 Å². The summed E-state index contributed by atoms with van der Waals surface area (Å²) in [6.07, 6.45) is 0.936. The van der Waals surface area contributed by atoms with Gasteiger partial charge in [0.25, 0.3) is 5.91 Å². The third kappa shape index (κ3) is 3.80. The van der Waals surface area contributed by atoms with E-state index >= 15 is 0 Å². The van der Waals surface area contributed by atoms with Crippen LogP contribution in [0, 0.1) is 5.82 Å². The molecule has 6 nitrogen and oxygen atoms in total. The first kappa shape index (κ1) is 13.0. The summed E-state index contributed by atoms with van der Waals surface area (Å²) in [6.45, 7) is 1.73. The van der Waals surface area contributed by atoms with Crippen molar-refractivity contribution in [3.05, 3.63) is 24.1 Å². The van der Waals surface area contributed by atoms with Crippen molar-refractivity contribution in [3.8, 4) is 0 Å². The second kappa shape index (κ2) is 5.90. The molecular formula is C10H12FN3O3. The molecule has 0 bridgehead atoms. The van der Waals surface area contributed by atoms with Gasteiger partial charge in [0.15, 0.2) is 6.04 Å².